The van der Waals surface area contributed by atoms with Crippen molar-refractivity contribution in [1.82, 2.24) is 0 Å². The maximum absolute atomic E-state index is 12.2. The van der Waals surface area contributed by atoms with Gasteiger partial charge >= 0.3 is 0 Å². The van der Waals surface area contributed by atoms with Crippen LogP contribution in [0.25, 0.3) is 0 Å². The molecule has 0 saturated heterocycles. The molecular weight excluding hydrogens is 203 g/mol. The van der Waals surface area contributed by atoms with Gasteiger partial charge in [0.2, 0.25) is 0 Å². The third-order valence-electron chi connectivity index (χ3n) is 2.91. The topological polar surface area (TPSA) is 9.23 Å². The van der Waals surface area contributed by atoms with Crippen LogP contribution in [0.2, 0.25) is 0 Å². The van der Waals surface area contributed by atoms with E-state index in [2.05, 4.69) is 34.6 Å². The lowest BCUT2D eigenvalue weighted by atomic mass is 9.85. The molecule has 0 bridgehead atoms. The Morgan fingerprint density at radius 3 is 2.00 bits per heavy atom. The Labute approximate surface area is 101 Å². The molecule has 0 rings (SSSR count). The molecular formula is C14H29FO. The largest absolute Gasteiger partial charge is 0.381 e. The van der Waals surface area contributed by atoms with Gasteiger partial charge in [0.05, 0.1) is 6.67 Å². The van der Waals surface area contributed by atoms with Crippen LogP contribution < -0.4 is 0 Å². The van der Waals surface area contributed by atoms with Crippen molar-refractivity contribution in [3.63, 3.8) is 0 Å². The number of hydrogen-bond acceptors (Lipinski definition) is 1. The zero-order valence-electron chi connectivity index (χ0n) is 11.7. The molecule has 0 saturated carbocycles. The first-order valence-electron chi connectivity index (χ1n) is 6.41. The zero-order valence-corrected chi connectivity index (χ0v) is 11.7. The molecule has 0 aromatic rings. The summed E-state index contributed by atoms with van der Waals surface area (Å²) in [5.74, 6) is 0. The van der Waals surface area contributed by atoms with Crippen molar-refractivity contribution < 1.29 is 9.13 Å². The number of alkyl halides is 1. The average Bonchev–Trinajstić information content (AvgIpc) is 2.09. The minimum Gasteiger partial charge on any atom is -0.381 e. The van der Waals surface area contributed by atoms with Gasteiger partial charge in [-0.15, -0.1) is 0 Å². The van der Waals surface area contributed by atoms with Crippen molar-refractivity contribution in [2.45, 2.75) is 60.3 Å². The third-order valence-corrected chi connectivity index (χ3v) is 2.91. The summed E-state index contributed by atoms with van der Waals surface area (Å²) < 4.78 is 17.8. The number of rotatable bonds is 8. The smallest absolute Gasteiger partial charge is 0.0899 e. The highest BCUT2D eigenvalue weighted by Gasteiger charge is 2.16. The molecule has 0 aromatic heterocycles. The summed E-state index contributed by atoms with van der Waals surface area (Å²) in [4.78, 5) is 0. The molecule has 16 heavy (non-hydrogen) atoms. The molecule has 0 amide bonds. The average molecular weight is 232 g/mol. The van der Waals surface area contributed by atoms with Crippen LogP contribution in [-0.2, 0) is 4.74 Å². The lowest BCUT2D eigenvalue weighted by Gasteiger charge is -2.23. The van der Waals surface area contributed by atoms with Crippen molar-refractivity contribution in [1.29, 1.82) is 0 Å². The molecule has 0 aliphatic rings. The number of halogens is 1. The van der Waals surface area contributed by atoms with Gasteiger partial charge in [0, 0.05) is 13.2 Å². The second-order valence-electron chi connectivity index (χ2n) is 6.63. The molecule has 0 N–H and O–H groups in total. The highest BCUT2D eigenvalue weighted by Crippen LogP contribution is 2.26. The van der Waals surface area contributed by atoms with E-state index >= 15 is 0 Å². The van der Waals surface area contributed by atoms with Gasteiger partial charge in [-0.2, -0.15) is 0 Å². The summed E-state index contributed by atoms with van der Waals surface area (Å²) in [5, 5.41) is 0. The Bertz CT molecular complexity index is 170. The van der Waals surface area contributed by atoms with Gasteiger partial charge in [-0.25, -0.2) is 0 Å². The van der Waals surface area contributed by atoms with Crippen LogP contribution >= 0.6 is 0 Å². The van der Waals surface area contributed by atoms with Gasteiger partial charge < -0.3 is 4.74 Å². The van der Waals surface area contributed by atoms with Crippen LogP contribution in [0.15, 0.2) is 0 Å². The van der Waals surface area contributed by atoms with E-state index in [0.717, 1.165) is 32.5 Å². The minimum absolute atomic E-state index is 0.127. The van der Waals surface area contributed by atoms with E-state index in [-0.39, 0.29) is 12.1 Å². The van der Waals surface area contributed by atoms with Crippen molar-refractivity contribution >= 4 is 0 Å². The summed E-state index contributed by atoms with van der Waals surface area (Å²) in [6.07, 6.45) is 3.85. The van der Waals surface area contributed by atoms with Crippen LogP contribution in [0.3, 0.4) is 0 Å². The first-order chi connectivity index (χ1) is 7.27. The fourth-order valence-electron chi connectivity index (χ4n) is 1.51. The van der Waals surface area contributed by atoms with Gasteiger partial charge in [-0.3, -0.25) is 4.39 Å². The number of ether oxygens (including phenoxy) is 1. The summed E-state index contributed by atoms with van der Waals surface area (Å²) in [6, 6.07) is 0. The monoisotopic (exact) mass is 232 g/mol. The van der Waals surface area contributed by atoms with Crippen molar-refractivity contribution in [3.8, 4) is 0 Å². The summed E-state index contributed by atoms with van der Waals surface area (Å²) >= 11 is 0. The van der Waals surface area contributed by atoms with Gasteiger partial charge in [-0.05, 0) is 36.5 Å². The Morgan fingerprint density at radius 2 is 1.50 bits per heavy atom. The lowest BCUT2D eigenvalue weighted by Crippen LogP contribution is -2.14. The second kappa shape index (κ2) is 7.26. The molecule has 0 fully saturated rings. The molecule has 0 spiro atoms. The van der Waals surface area contributed by atoms with Crippen LogP contribution in [-0.4, -0.2) is 19.9 Å². The minimum atomic E-state index is -0.210. The molecule has 0 aliphatic heterocycles. The van der Waals surface area contributed by atoms with Gasteiger partial charge in [-0.1, -0.05) is 34.6 Å². The Kier molecular flexibility index (Phi) is 7.21. The van der Waals surface area contributed by atoms with Crippen LogP contribution in [0.4, 0.5) is 4.39 Å². The van der Waals surface area contributed by atoms with Crippen molar-refractivity contribution in [2.24, 2.45) is 10.8 Å². The summed E-state index contributed by atoms with van der Waals surface area (Å²) in [5.41, 5.74) is 0.482. The van der Waals surface area contributed by atoms with Crippen LogP contribution in [0.5, 0.6) is 0 Å². The van der Waals surface area contributed by atoms with E-state index in [9.17, 15) is 4.39 Å². The van der Waals surface area contributed by atoms with Crippen LogP contribution in [0.1, 0.15) is 60.3 Å². The predicted octanol–water partition coefficient (Wildman–Crippen LogP) is 4.61. The van der Waals surface area contributed by atoms with E-state index in [1.807, 2.05) is 0 Å². The Balaban J connectivity index is 3.40. The van der Waals surface area contributed by atoms with E-state index in [1.54, 1.807) is 0 Å². The Morgan fingerprint density at radius 1 is 0.875 bits per heavy atom. The molecule has 0 aliphatic carbocycles. The summed E-state index contributed by atoms with van der Waals surface area (Å²) in [7, 11) is 0. The highest BCUT2D eigenvalue weighted by atomic mass is 19.1. The highest BCUT2D eigenvalue weighted by molar-refractivity contribution is 4.67. The zero-order chi connectivity index (χ0) is 12.7. The Hall–Kier alpha value is -0.110. The van der Waals surface area contributed by atoms with Crippen molar-refractivity contribution in [2.75, 3.05) is 19.9 Å². The van der Waals surface area contributed by atoms with Crippen LogP contribution in [0, 0.1) is 10.8 Å². The van der Waals surface area contributed by atoms with Gasteiger partial charge in [0.1, 0.15) is 0 Å². The van der Waals surface area contributed by atoms with E-state index in [1.165, 1.54) is 0 Å². The molecule has 2 heteroatoms. The molecule has 0 heterocycles. The fourth-order valence-corrected chi connectivity index (χ4v) is 1.51. The normalized spacial score (nSPS) is 13.1. The van der Waals surface area contributed by atoms with E-state index in [4.69, 9.17) is 4.74 Å². The molecule has 98 valence electrons. The van der Waals surface area contributed by atoms with E-state index < -0.39 is 0 Å². The molecule has 0 radical (unpaired) electrons. The van der Waals surface area contributed by atoms with Crippen molar-refractivity contribution in [3.05, 3.63) is 0 Å². The lowest BCUT2D eigenvalue weighted by molar-refractivity contribution is 0.0966. The summed E-state index contributed by atoms with van der Waals surface area (Å²) in [6.45, 7) is 12.4. The first kappa shape index (κ1) is 15.9. The molecule has 1 nitrogen and oxygen atoms in total. The predicted molar refractivity (Wildman–Crippen MR) is 68.5 cm³/mol. The third kappa shape index (κ3) is 10.4. The standard InChI is InChI=1S/C14H29FO/c1-13(2,3)9-12-16-11-6-7-14(4,5)8-10-15/h6-12H2,1-5H3. The van der Waals surface area contributed by atoms with Gasteiger partial charge in [0.15, 0.2) is 0 Å². The fraction of sp³-hybridized carbons (Fsp3) is 1.00. The molecule has 0 aromatic carbocycles. The SMILES string of the molecule is CC(C)(C)CCOCCCC(C)(C)CCF. The maximum Gasteiger partial charge on any atom is 0.0899 e. The first-order valence-corrected chi connectivity index (χ1v) is 6.41. The number of hydrogen-bond donors (Lipinski definition) is 0. The van der Waals surface area contributed by atoms with E-state index in [0.29, 0.717) is 11.8 Å². The quantitative estimate of drug-likeness (QED) is 0.555. The van der Waals surface area contributed by atoms with Gasteiger partial charge in [0.25, 0.3) is 0 Å². The second-order valence-corrected chi connectivity index (χ2v) is 6.63. The molecule has 0 unspecified atom stereocenters. The maximum atomic E-state index is 12.2. The molecule has 0 atom stereocenters.